The molecule has 2 aromatic rings. The first-order valence-corrected chi connectivity index (χ1v) is 5.72. The van der Waals surface area contributed by atoms with Crippen molar-refractivity contribution >= 4 is 23.0 Å². The predicted molar refractivity (Wildman–Crippen MR) is 72.0 cm³/mol. The van der Waals surface area contributed by atoms with Crippen molar-refractivity contribution in [3.63, 3.8) is 0 Å². The van der Waals surface area contributed by atoms with Crippen molar-refractivity contribution in [1.82, 2.24) is 18.7 Å². The van der Waals surface area contributed by atoms with Gasteiger partial charge in [-0.25, -0.2) is 9.78 Å². The highest BCUT2D eigenvalue weighted by atomic mass is 16.2. The summed E-state index contributed by atoms with van der Waals surface area (Å²) in [5.41, 5.74) is 4.13. The lowest BCUT2D eigenvalue weighted by Gasteiger charge is -2.04. The van der Waals surface area contributed by atoms with Gasteiger partial charge in [0.05, 0.1) is 6.33 Å². The number of hydrogen-bond acceptors (Lipinski definition) is 5. The second kappa shape index (κ2) is 5.11. The zero-order chi connectivity index (χ0) is 15.7. The van der Waals surface area contributed by atoms with Crippen LogP contribution in [0, 0.1) is 5.41 Å². The van der Waals surface area contributed by atoms with Crippen molar-refractivity contribution in [2.24, 2.45) is 30.1 Å². The Bertz CT molecular complexity index is 884. The lowest BCUT2D eigenvalue weighted by molar-refractivity contribution is -0.118. The average molecular weight is 292 g/mol. The topological polar surface area (TPSA) is 153 Å². The van der Waals surface area contributed by atoms with Crippen LogP contribution in [0.25, 0.3) is 11.2 Å². The molecule has 0 aromatic carbocycles. The Morgan fingerprint density at radius 2 is 2.00 bits per heavy atom. The van der Waals surface area contributed by atoms with Gasteiger partial charge in [0.15, 0.2) is 11.2 Å². The molecule has 3 N–H and O–H groups in total. The second-order valence-corrected chi connectivity index (χ2v) is 4.23. The molecule has 0 aliphatic rings. The molecule has 1 amide bonds. The number of aromatic nitrogens is 4. The summed E-state index contributed by atoms with van der Waals surface area (Å²) in [6, 6.07) is 0. The Balaban J connectivity index is 2.53. The Labute approximate surface area is 116 Å². The number of nitrogens with two attached hydrogens (primary N) is 1. The van der Waals surface area contributed by atoms with Crippen LogP contribution in [0.1, 0.15) is 0 Å². The van der Waals surface area contributed by atoms with Crippen molar-refractivity contribution in [1.29, 1.82) is 5.41 Å². The molecule has 0 spiro atoms. The van der Waals surface area contributed by atoms with Crippen LogP contribution in [-0.4, -0.2) is 30.6 Å². The molecule has 21 heavy (non-hydrogen) atoms. The Hall–Kier alpha value is -3.11. The van der Waals surface area contributed by atoms with Crippen LogP contribution in [0.3, 0.4) is 0 Å². The van der Waals surface area contributed by atoms with Crippen LogP contribution in [0.4, 0.5) is 0 Å². The van der Waals surface area contributed by atoms with E-state index in [0.29, 0.717) is 0 Å². The van der Waals surface area contributed by atoms with E-state index in [1.807, 2.05) is 0 Å². The number of imidazole rings is 1. The highest BCUT2D eigenvalue weighted by Gasteiger charge is 2.15. The molecule has 0 atom stereocenters. The first-order valence-electron chi connectivity index (χ1n) is 5.72. The number of carbonyl (C=O) groups excluding carboxylic acids is 1. The summed E-state index contributed by atoms with van der Waals surface area (Å²) in [5.74, 6) is -1.31. The Morgan fingerprint density at radius 1 is 1.33 bits per heavy atom. The molecule has 2 rings (SSSR count). The maximum Gasteiger partial charge on any atom is 0.332 e. The zero-order valence-electron chi connectivity index (χ0n) is 11.3. The van der Waals surface area contributed by atoms with Gasteiger partial charge in [-0.3, -0.25) is 24.1 Å². The minimum atomic E-state index is -0.708. The Morgan fingerprint density at radius 3 is 2.62 bits per heavy atom. The number of nitrogens with zero attached hydrogens (tertiary/aromatic N) is 6. The van der Waals surface area contributed by atoms with Crippen LogP contribution in [-0.2, 0) is 25.4 Å². The van der Waals surface area contributed by atoms with Crippen molar-refractivity contribution in [2.45, 2.75) is 6.54 Å². The van der Waals surface area contributed by atoms with E-state index in [1.54, 1.807) is 0 Å². The van der Waals surface area contributed by atoms with E-state index in [2.05, 4.69) is 15.2 Å². The number of azo groups is 1. The van der Waals surface area contributed by atoms with Crippen molar-refractivity contribution in [3.8, 4) is 0 Å². The molecule has 0 saturated heterocycles. The number of rotatable bonds is 2. The SMILES string of the molecule is Cn1c(=O)c2c(ncn2CC(=O)N=NC(=N)N)n(C)c1=O. The van der Waals surface area contributed by atoms with Gasteiger partial charge in [0.2, 0.25) is 5.96 Å². The third-order valence-electron chi connectivity index (χ3n) is 2.79. The number of carbonyl (C=O) groups is 1. The van der Waals surface area contributed by atoms with E-state index < -0.39 is 23.1 Å². The molecule has 0 bridgehead atoms. The third kappa shape index (κ3) is 2.48. The summed E-state index contributed by atoms with van der Waals surface area (Å²) in [4.78, 5) is 39.4. The van der Waals surface area contributed by atoms with Gasteiger partial charge in [0, 0.05) is 14.1 Å². The summed E-state index contributed by atoms with van der Waals surface area (Å²) >= 11 is 0. The fourth-order valence-corrected chi connectivity index (χ4v) is 1.80. The molecule has 0 fully saturated rings. The first kappa shape index (κ1) is 14.3. The molecule has 2 heterocycles. The molecular weight excluding hydrogens is 280 g/mol. The highest BCUT2D eigenvalue weighted by Crippen LogP contribution is 2.05. The molecule has 11 nitrogen and oxygen atoms in total. The maximum atomic E-state index is 12.1. The van der Waals surface area contributed by atoms with Gasteiger partial charge in [-0.05, 0) is 0 Å². The molecule has 0 unspecified atom stereocenters. The highest BCUT2D eigenvalue weighted by molar-refractivity contribution is 5.82. The van der Waals surface area contributed by atoms with Gasteiger partial charge in [-0.15, -0.1) is 10.2 Å². The number of aryl methyl sites for hydroxylation is 1. The van der Waals surface area contributed by atoms with Crippen LogP contribution in [0.5, 0.6) is 0 Å². The molecule has 11 heteroatoms. The normalized spacial score (nSPS) is 11.3. The fraction of sp³-hybridized carbons (Fsp3) is 0.300. The van der Waals surface area contributed by atoms with E-state index >= 15 is 0 Å². The van der Waals surface area contributed by atoms with Crippen LogP contribution in [0.2, 0.25) is 0 Å². The van der Waals surface area contributed by atoms with Crippen LogP contribution in [0.15, 0.2) is 26.1 Å². The zero-order valence-corrected chi connectivity index (χ0v) is 11.3. The van der Waals surface area contributed by atoms with Crippen LogP contribution < -0.4 is 17.0 Å². The third-order valence-corrected chi connectivity index (χ3v) is 2.79. The van der Waals surface area contributed by atoms with Gasteiger partial charge in [0.1, 0.15) is 6.54 Å². The fourth-order valence-electron chi connectivity index (χ4n) is 1.80. The second-order valence-electron chi connectivity index (χ2n) is 4.23. The van der Waals surface area contributed by atoms with E-state index in [9.17, 15) is 14.4 Å². The standard InChI is InChI=1S/C10H12N8O3/c1-16-7-6(8(20)17(2)10(16)21)18(4-13-7)3-5(19)14-15-9(11)12/h4H,3H2,1-2H3,(H3,11,12). The summed E-state index contributed by atoms with van der Waals surface area (Å²) in [6.07, 6.45) is 1.26. The van der Waals surface area contributed by atoms with Crippen molar-refractivity contribution in [3.05, 3.63) is 27.2 Å². The minimum absolute atomic E-state index is 0.103. The molecular formula is C10H12N8O3. The van der Waals surface area contributed by atoms with Gasteiger partial charge in [-0.2, -0.15) is 0 Å². The quantitative estimate of drug-likeness (QED) is 0.384. The van der Waals surface area contributed by atoms with Gasteiger partial charge in [-0.1, -0.05) is 0 Å². The minimum Gasteiger partial charge on any atom is -0.367 e. The molecule has 0 saturated carbocycles. The summed E-state index contributed by atoms with van der Waals surface area (Å²) in [5, 5.41) is 13.2. The van der Waals surface area contributed by atoms with E-state index in [-0.39, 0.29) is 17.7 Å². The summed E-state index contributed by atoms with van der Waals surface area (Å²) < 4.78 is 3.38. The number of amides is 1. The lowest BCUT2D eigenvalue weighted by Crippen LogP contribution is -2.37. The van der Waals surface area contributed by atoms with E-state index in [4.69, 9.17) is 11.1 Å². The predicted octanol–water partition coefficient (Wildman–Crippen LogP) is -1.69. The lowest BCUT2D eigenvalue weighted by atomic mass is 10.5. The van der Waals surface area contributed by atoms with Gasteiger partial charge in [0.25, 0.3) is 11.5 Å². The number of guanidine groups is 1. The Kier molecular flexibility index (Phi) is 3.48. The monoisotopic (exact) mass is 292 g/mol. The van der Waals surface area contributed by atoms with Crippen LogP contribution >= 0.6 is 0 Å². The molecule has 110 valence electrons. The van der Waals surface area contributed by atoms with Crippen molar-refractivity contribution < 1.29 is 4.79 Å². The van der Waals surface area contributed by atoms with Gasteiger partial charge >= 0.3 is 5.69 Å². The number of hydrogen-bond donors (Lipinski definition) is 2. The van der Waals surface area contributed by atoms with Gasteiger partial charge < -0.3 is 10.3 Å². The maximum absolute atomic E-state index is 12.1. The molecule has 0 aliphatic heterocycles. The summed E-state index contributed by atoms with van der Waals surface area (Å²) in [6.45, 7) is -0.305. The van der Waals surface area contributed by atoms with Crippen molar-refractivity contribution in [2.75, 3.05) is 0 Å². The molecule has 0 radical (unpaired) electrons. The summed E-state index contributed by atoms with van der Waals surface area (Å²) in [7, 11) is 2.80. The average Bonchev–Trinajstić information content (AvgIpc) is 2.84. The van der Waals surface area contributed by atoms with E-state index in [1.165, 1.54) is 29.6 Å². The first-order chi connectivity index (χ1) is 9.82. The largest absolute Gasteiger partial charge is 0.367 e. The number of fused-ring (bicyclic) bond motifs is 1. The molecule has 2 aromatic heterocycles. The van der Waals surface area contributed by atoms with E-state index in [0.717, 1.165) is 4.57 Å². The number of nitrogens with one attached hydrogen (secondary N) is 1. The smallest absolute Gasteiger partial charge is 0.332 e. The molecule has 0 aliphatic carbocycles.